The first-order chi connectivity index (χ1) is 5.68. The Bertz CT molecular complexity index is 120. The van der Waals surface area contributed by atoms with E-state index in [1.54, 1.807) is 0 Å². The Morgan fingerprint density at radius 1 is 1.42 bits per heavy atom. The fourth-order valence-corrected chi connectivity index (χ4v) is 2.55. The zero-order valence-corrected chi connectivity index (χ0v) is 9.94. The number of rotatable bonds is 3. The molecule has 0 amide bonds. The second-order valence-electron chi connectivity index (χ2n) is 4.50. The molecule has 1 fully saturated rings. The first-order valence-electron chi connectivity index (χ1n) is 5.32. The van der Waals surface area contributed by atoms with Crippen molar-refractivity contribution in [3.05, 3.63) is 0 Å². The highest BCUT2D eigenvalue weighted by molar-refractivity contribution is 9.09. The van der Waals surface area contributed by atoms with Gasteiger partial charge in [0.15, 0.2) is 0 Å². The van der Waals surface area contributed by atoms with Gasteiger partial charge in [-0.1, -0.05) is 49.0 Å². The van der Waals surface area contributed by atoms with Gasteiger partial charge in [-0.15, -0.1) is 0 Å². The van der Waals surface area contributed by atoms with E-state index in [4.69, 9.17) is 0 Å². The van der Waals surface area contributed by atoms with Gasteiger partial charge in [-0.3, -0.25) is 0 Å². The minimum Gasteiger partial charge on any atom is -0.0894 e. The molecule has 0 radical (unpaired) electrons. The lowest BCUT2D eigenvalue weighted by Gasteiger charge is -2.26. The Balaban J connectivity index is 2.14. The van der Waals surface area contributed by atoms with E-state index >= 15 is 0 Å². The van der Waals surface area contributed by atoms with Crippen LogP contribution in [-0.2, 0) is 0 Å². The van der Waals surface area contributed by atoms with Gasteiger partial charge in [0, 0.05) is 4.83 Å². The zero-order chi connectivity index (χ0) is 8.97. The molecule has 3 atom stereocenters. The Morgan fingerprint density at radius 3 is 2.75 bits per heavy atom. The van der Waals surface area contributed by atoms with Crippen molar-refractivity contribution in [1.29, 1.82) is 0 Å². The van der Waals surface area contributed by atoms with Crippen LogP contribution in [0.15, 0.2) is 0 Å². The van der Waals surface area contributed by atoms with E-state index in [2.05, 4.69) is 29.8 Å². The van der Waals surface area contributed by atoms with Gasteiger partial charge < -0.3 is 0 Å². The summed E-state index contributed by atoms with van der Waals surface area (Å²) < 4.78 is 0. The summed E-state index contributed by atoms with van der Waals surface area (Å²) in [6.07, 6.45) is 8.72. The van der Waals surface area contributed by atoms with E-state index in [-0.39, 0.29) is 0 Å². The lowest BCUT2D eigenvalue weighted by atomic mass is 9.80. The highest BCUT2D eigenvalue weighted by Crippen LogP contribution is 2.32. The normalized spacial score (nSPS) is 33.2. The summed E-state index contributed by atoms with van der Waals surface area (Å²) in [6.45, 7) is 4.66. The predicted molar refractivity (Wildman–Crippen MR) is 58.7 cm³/mol. The standard InChI is InChI=1S/C11H21Br/c1-9-4-3-5-11(8-9)7-6-10(2)12/h9-11H,3-8H2,1-2H3. The molecule has 0 aromatic carbocycles. The van der Waals surface area contributed by atoms with E-state index in [1.807, 2.05) is 0 Å². The van der Waals surface area contributed by atoms with Crippen LogP contribution in [0.4, 0.5) is 0 Å². The van der Waals surface area contributed by atoms with E-state index in [9.17, 15) is 0 Å². The number of hydrogen-bond acceptors (Lipinski definition) is 0. The van der Waals surface area contributed by atoms with Crippen molar-refractivity contribution in [2.45, 2.75) is 57.2 Å². The minimum absolute atomic E-state index is 0.717. The van der Waals surface area contributed by atoms with Crippen molar-refractivity contribution < 1.29 is 0 Å². The topological polar surface area (TPSA) is 0 Å². The lowest BCUT2D eigenvalue weighted by molar-refractivity contribution is 0.266. The maximum Gasteiger partial charge on any atom is 0.0117 e. The van der Waals surface area contributed by atoms with Crippen LogP contribution in [-0.4, -0.2) is 4.83 Å². The quantitative estimate of drug-likeness (QED) is 0.634. The summed E-state index contributed by atoms with van der Waals surface area (Å²) in [4.78, 5) is 0.717. The van der Waals surface area contributed by atoms with Crippen molar-refractivity contribution >= 4 is 15.9 Å². The van der Waals surface area contributed by atoms with Gasteiger partial charge in [0.1, 0.15) is 0 Å². The Labute approximate surface area is 85.3 Å². The molecule has 0 aliphatic heterocycles. The van der Waals surface area contributed by atoms with Crippen molar-refractivity contribution in [2.75, 3.05) is 0 Å². The molecule has 1 heteroatoms. The van der Waals surface area contributed by atoms with E-state index in [0.717, 1.165) is 16.7 Å². The van der Waals surface area contributed by atoms with Crippen LogP contribution in [0.3, 0.4) is 0 Å². The van der Waals surface area contributed by atoms with E-state index in [0.29, 0.717) is 0 Å². The van der Waals surface area contributed by atoms with Crippen LogP contribution in [0.25, 0.3) is 0 Å². The van der Waals surface area contributed by atoms with E-state index < -0.39 is 0 Å². The second-order valence-corrected chi connectivity index (χ2v) is 6.06. The highest BCUT2D eigenvalue weighted by Gasteiger charge is 2.18. The van der Waals surface area contributed by atoms with Crippen molar-refractivity contribution in [3.8, 4) is 0 Å². The Hall–Kier alpha value is 0.480. The third kappa shape index (κ3) is 3.93. The summed E-state index contributed by atoms with van der Waals surface area (Å²) in [5, 5.41) is 0. The summed E-state index contributed by atoms with van der Waals surface area (Å²) in [6, 6.07) is 0. The Morgan fingerprint density at radius 2 is 2.17 bits per heavy atom. The molecule has 0 heterocycles. The van der Waals surface area contributed by atoms with Gasteiger partial charge in [0.05, 0.1) is 0 Å². The van der Waals surface area contributed by atoms with Gasteiger partial charge in [0.2, 0.25) is 0 Å². The third-order valence-corrected chi connectivity index (χ3v) is 3.48. The molecule has 0 spiro atoms. The van der Waals surface area contributed by atoms with Crippen molar-refractivity contribution in [2.24, 2.45) is 11.8 Å². The van der Waals surface area contributed by atoms with Crippen molar-refractivity contribution in [1.82, 2.24) is 0 Å². The van der Waals surface area contributed by atoms with Crippen LogP contribution in [0.1, 0.15) is 52.4 Å². The average Bonchev–Trinajstić information content (AvgIpc) is 2.01. The molecule has 72 valence electrons. The number of halogens is 1. The van der Waals surface area contributed by atoms with Crippen molar-refractivity contribution in [3.63, 3.8) is 0 Å². The third-order valence-electron chi connectivity index (χ3n) is 3.02. The minimum atomic E-state index is 0.717. The van der Waals surface area contributed by atoms with Crippen LogP contribution >= 0.6 is 15.9 Å². The first kappa shape index (κ1) is 10.6. The van der Waals surface area contributed by atoms with Crippen LogP contribution in [0.2, 0.25) is 0 Å². The number of hydrogen-bond donors (Lipinski definition) is 0. The van der Waals surface area contributed by atoms with Gasteiger partial charge >= 0.3 is 0 Å². The van der Waals surface area contributed by atoms with E-state index in [1.165, 1.54) is 38.5 Å². The molecule has 0 nitrogen and oxygen atoms in total. The molecular formula is C11H21Br. The molecular weight excluding hydrogens is 212 g/mol. The Kier molecular flexibility index (Phi) is 4.63. The van der Waals surface area contributed by atoms with Crippen LogP contribution < -0.4 is 0 Å². The zero-order valence-electron chi connectivity index (χ0n) is 8.35. The number of alkyl halides is 1. The van der Waals surface area contributed by atoms with Gasteiger partial charge in [-0.05, 0) is 31.1 Å². The summed E-state index contributed by atoms with van der Waals surface area (Å²) >= 11 is 3.62. The molecule has 12 heavy (non-hydrogen) atoms. The molecule has 0 aromatic heterocycles. The molecule has 0 saturated heterocycles. The first-order valence-corrected chi connectivity index (χ1v) is 6.24. The van der Waals surface area contributed by atoms with Crippen LogP contribution in [0, 0.1) is 11.8 Å². The smallest absolute Gasteiger partial charge is 0.0117 e. The maximum atomic E-state index is 3.62. The summed E-state index contributed by atoms with van der Waals surface area (Å²) in [5.41, 5.74) is 0. The average molecular weight is 233 g/mol. The molecule has 1 saturated carbocycles. The molecule has 1 rings (SSSR count). The summed E-state index contributed by atoms with van der Waals surface area (Å²) in [5.74, 6) is 2.03. The van der Waals surface area contributed by atoms with Gasteiger partial charge in [0.25, 0.3) is 0 Å². The second kappa shape index (κ2) is 5.26. The lowest BCUT2D eigenvalue weighted by Crippen LogP contribution is -2.13. The fourth-order valence-electron chi connectivity index (χ4n) is 2.29. The van der Waals surface area contributed by atoms with Crippen LogP contribution in [0.5, 0.6) is 0 Å². The highest BCUT2D eigenvalue weighted by atomic mass is 79.9. The molecule has 1 aliphatic carbocycles. The molecule has 1 aliphatic rings. The predicted octanol–water partition coefficient (Wildman–Crippen LogP) is 4.38. The SMILES string of the molecule is CC(Br)CCC1CCCC(C)C1. The fraction of sp³-hybridized carbons (Fsp3) is 1.00. The largest absolute Gasteiger partial charge is 0.0894 e. The molecule has 0 bridgehead atoms. The molecule has 0 N–H and O–H groups in total. The van der Waals surface area contributed by atoms with Gasteiger partial charge in [-0.2, -0.15) is 0 Å². The monoisotopic (exact) mass is 232 g/mol. The van der Waals surface area contributed by atoms with Gasteiger partial charge in [-0.25, -0.2) is 0 Å². The molecule has 3 unspecified atom stereocenters. The maximum absolute atomic E-state index is 3.62. The summed E-state index contributed by atoms with van der Waals surface area (Å²) in [7, 11) is 0. The molecule has 0 aromatic rings.